The summed E-state index contributed by atoms with van der Waals surface area (Å²) in [4.78, 5) is 11.9. The highest BCUT2D eigenvalue weighted by molar-refractivity contribution is 9.10. The fraction of sp³-hybridized carbons (Fsp3) is 0.357. The molecule has 6 nitrogen and oxygen atoms in total. The minimum absolute atomic E-state index is 0.139. The fourth-order valence-electron chi connectivity index (χ4n) is 1.56. The molecule has 22 heavy (non-hydrogen) atoms. The van der Waals surface area contributed by atoms with Crippen LogP contribution < -0.4 is 11.1 Å². The van der Waals surface area contributed by atoms with Crippen molar-refractivity contribution in [1.29, 1.82) is 0 Å². The van der Waals surface area contributed by atoms with Crippen LogP contribution in [0.3, 0.4) is 0 Å². The summed E-state index contributed by atoms with van der Waals surface area (Å²) in [6, 6.07) is 7.07. The first-order chi connectivity index (χ1) is 10.5. The second-order valence-corrected chi connectivity index (χ2v) is 6.86. The van der Waals surface area contributed by atoms with Crippen molar-refractivity contribution in [2.75, 3.05) is 11.1 Å². The van der Waals surface area contributed by atoms with E-state index in [0.717, 1.165) is 10.2 Å². The highest BCUT2D eigenvalue weighted by Gasteiger charge is 2.18. The minimum Gasteiger partial charge on any atom is -0.414 e. The van der Waals surface area contributed by atoms with Crippen LogP contribution in [0.4, 0.5) is 5.69 Å². The lowest BCUT2D eigenvalue weighted by Crippen LogP contribution is -2.16. The van der Waals surface area contributed by atoms with Gasteiger partial charge in [-0.05, 0) is 30.2 Å². The molecule has 0 aliphatic heterocycles. The lowest BCUT2D eigenvalue weighted by Gasteiger charge is -2.09. The van der Waals surface area contributed by atoms with Gasteiger partial charge in [0.25, 0.3) is 5.22 Å². The van der Waals surface area contributed by atoms with Gasteiger partial charge in [-0.2, -0.15) is 0 Å². The first-order valence-corrected chi connectivity index (χ1v) is 8.50. The molecule has 0 unspecified atom stereocenters. The number of nitrogens with one attached hydrogen (secondary N) is 1. The van der Waals surface area contributed by atoms with Crippen LogP contribution in [0.5, 0.6) is 0 Å². The monoisotopic (exact) mass is 384 g/mol. The Morgan fingerprint density at radius 1 is 1.36 bits per heavy atom. The maximum Gasteiger partial charge on any atom is 0.277 e. The van der Waals surface area contributed by atoms with Crippen LogP contribution in [0.25, 0.3) is 0 Å². The molecule has 1 heterocycles. The van der Waals surface area contributed by atoms with Crippen LogP contribution in [-0.4, -0.2) is 21.9 Å². The number of rotatable bonds is 6. The maximum absolute atomic E-state index is 11.9. The molecule has 0 spiro atoms. The second-order valence-electron chi connectivity index (χ2n) is 5.02. The molecule has 0 aliphatic carbocycles. The van der Waals surface area contributed by atoms with Gasteiger partial charge in [-0.1, -0.05) is 41.5 Å². The Hall–Kier alpha value is -1.38. The van der Waals surface area contributed by atoms with Gasteiger partial charge >= 0.3 is 0 Å². The van der Waals surface area contributed by atoms with Crippen molar-refractivity contribution in [2.45, 2.75) is 25.1 Å². The Kier molecular flexibility index (Phi) is 5.98. The zero-order valence-corrected chi connectivity index (χ0v) is 14.6. The fourth-order valence-corrected chi connectivity index (χ4v) is 2.39. The second kappa shape index (κ2) is 7.75. The number of hydrogen-bond donors (Lipinski definition) is 2. The average Bonchev–Trinajstić information content (AvgIpc) is 2.95. The number of benzene rings is 1. The lowest BCUT2D eigenvalue weighted by molar-refractivity contribution is -0.113. The molecule has 0 saturated carbocycles. The third-order valence-electron chi connectivity index (χ3n) is 2.88. The summed E-state index contributed by atoms with van der Waals surface area (Å²) in [6.07, 6.45) is 0. The van der Waals surface area contributed by atoms with Crippen LogP contribution >= 0.6 is 27.7 Å². The zero-order chi connectivity index (χ0) is 16.1. The van der Waals surface area contributed by atoms with E-state index in [1.54, 1.807) is 0 Å². The average molecular weight is 385 g/mol. The number of carbonyl (C=O) groups is 1. The van der Waals surface area contributed by atoms with Gasteiger partial charge < -0.3 is 15.5 Å². The number of halogens is 1. The van der Waals surface area contributed by atoms with Gasteiger partial charge in [0.2, 0.25) is 11.8 Å². The summed E-state index contributed by atoms with van der Waals surface area (Å²) in [6.45, 7) is 3.96. The molecule has 2 rings (SSSR count). The molecular formula is C14H17BrN4O2S. The SMILES string of the molecule is CC(C)[C@H](N)c1nnc(SCC(=O)Nc2ccc(Br)cc2)o1. The van der Waals surface area contributed by atoms with Gasteiger partial charge in [-0.15, -0.1) is 10.2 Å². The molecule has 0 bridgehead atoms. The van der Waals surface area contributed by atoms with Crippen LogP contribution in [0.1, 0.15) is 25.8 Å². The Balaban J connectivity index is 1.85. The molecule has 0 fully saturated rings. The van der Waals surface area contributed by atoms with Crippen molar-refractivity contribution in [3.63, 3.8) is 0 Å². The van der Waals surface area contributed by atoms with Crippen molar-refractivity contribution < 1.29 is 9.21 Å². The van der Waals surface area contributed by atoms with Gasteiger partial charge in [0.15, 0.2) is 0 Å². The van der Waals surface area contributed by atoms with Crippen molar-refractivity contribution in [2.24, 2.45) is 11.7 Å². The van der Waals surface area contributed by atoms with Crippen LogP contribution in [0.2, 0.25) is 0 Å². The van der Waals surface area contributed by atoms with Gasteiger partial charge in [0.05, 0.1) is 11.8 Å². The van der Waals surface area contributed by atoms with Crippen molar-refractivity contribution in [3.8, 4) is 0 Å². The predicted molar refractivity (Wildman–Crippen MR) is 89.6 cm³/mol. The molecule has 0 aliphatic rings. The Morgan fingerprint density at radius 2 is 2.05 bits per heavy atom. The van der Waals surface area contributed by atoms with E-state index in [9.17, 15) is 4.79 Å². The van der Waals surface area contributed by atoms with Crippen LogP contribution in [-0.2, 0) is 4.79 Å². The molecule has 1 amide bonds. The number of hydrogen-bond acceptors (Lipinski definition) is 6. The maximum atomic E-state index is 11.9. The third-order valence-corrected chi connectivity index (χ3v) is 4.23. The molecule has 1 aromatic heterocycles. The van der Waals surface area contributed by atoms with Crippen molar-refractivity contribution in [3.05, 3.63) is 34.6 Å². The van der Waals surface area contributed by atoms with E-state index in [-0.39, 0.29) is 23.6 Å². The highest BCUT2D eigenvalue weighted by Crippen LogP contribution is 2.22. The number of anilines is 1. The Bertz CT molecular complexity index is 630. The van der Waals surface area contributed by atoms with E-state index in [2.05, 4.69) is 31.4 Å². The first kappa shape index (κ1) is 17.0. The number of carbonyl (C=O) groups excluding carboxylic acids is 1. The molecule has 1 atom stereocenters. The molecule has 3 N–H and O–H groups in total. The third kappa shape index (κ3) is 4.82. The van der Waals surface area contributed by atoms with Gasteiger partial charge in [-0.25, -0.2) is 0 Å². The first-order valence-electron chi connectivity index (χ1n) is 6.73. The van der Waals surface area contributed by atoms with E-state index >= 15 is 0 Å². The van der Waals surface area contributed by atoms with E-state index < -0.39 is 0 Å². The van der Waals surface area contributed by atoms with Crippen molar-refractivity contribution in [1.82, 2.24) is 10.2 Å². The van der Waals surface area contributed by atoms with E-state index in [1.807, 2.05) is 38.1 Å². The standard InChI is InChI=1S/C14H17BrN4O2S/c1-8(2)12(16)13-18-19-14(21-13)22-7-11(20)17-10-5-3-9(15)4-6-10/h3-6,8,12H,7,16H2,1-2H3,(H,17,20)/t12-/m0/s1. The largest absolute Gasteiger partial charge is 0.414 e. The molecule has 0 radical (unpaired) electrons. The molecule has 8 heteroatoms. The molecule has 1 aromatic carbocycles. The summed E-state index contributed by atoms with van der Waals surface area (Å²) in [5.41, 5.74) is 6.67. The normalized spacial score (nSPS) is 12.4. The predicted octanol–water partition coefficient (Wildman–Crippen LogP) is 3.22. The molecule has 0 saturated heterocycles. The van der Waals surface area contributed by atoms with Crippen LogP contribution in [0.15, 0.2) is 38.4 Å². The number of nitrogens with zero attached hydrogens (tertiary/aromatic N) is 2. The summed E-state index contributed by atoms with van der Waals surface area (Å²) in [5, 5.41) is 10.9. The van der Waals surface area contributed by atoms with Gasteiger partial charge in [-0.3, -0.25) is 4.79 Å². The van der Waals surface area contributed by atoms with E-state index in [0.29, 0.717) is 11.1 Å². The topological polar surface area (TPSA) is 94.0 Å². The van der Waals surface area contributed by atoms with Gasteiger partial charge in [0, 0.05) is 10.2 Å². The van der Waals surface area contributed by atoms with E-state index in [1.165, 1.54) is 11.8 Å². The van der Waals surface area contributed by atoms with Gasteiger partial charge in [0.1, 0.15) is 0 Å². The lowest BCUT2D eigenvalue weighted by atomic mass is 10.1. The molecular weight excluding hydrogens is 368 g/mol. The summed E-state index contributed by atoms with van der Waals surface area (Å²) < 4.78 is 6.41. The molecule has 118 valence electrons. The quantitative estimate of drug-likeness (QED) is 0.742. The smallest absolute Gasteiger partial charge is 0.277 e. The summed E-state index contributed by atoms with van der Waals surface area (Å²) in [7, 11) is 0. The number of aromatic nitrogens is 2. The van der Waals surface area contributed by atoms with Crippen LogP contribution in [0, 0.1) is 5.92 Å². The number of nitrogens with two attached hydrogens (primary N) is 1. The van der Waals surface area contributed by atoms with Crippen molar-refractivity contribution >= 4 is 39.3 Å². The van der Waals surface area contributed by atoms with E-state index in [4.69, 9.17) is 10.2 Å². The zero-order valence-electron chi connectivity index (χ0n) is 12.2. The summed E-state index contributed by atoms with van der Waals surface area (Å²) in [5.74, 6) is 0.652. The Labute approximate surface area is 141 Å². The number of amides is 1. The Morgan fingerprint density at radius 3 is 2.68 bits per heavy atom. The molecule has 2 aromatic rings. The minimum atomic E-state index is -0.293. The summed E-state index contributed by atoms with van der Waals surface area (Å²) >= 11 is 4.53. The number of thioether (sulfide) groups is 1. The highest BCUT2D eigenvalue weighted by atomic mass is 79.9.